The Morgan fingerprint density at radius 2 is 2.18 bits per heavy atom. The van der Waals surface area contributed by atoms with Crippen LogP contribution >= 0.6 is 0 Å². The Hall–Kier alpha value is -1.62. The maximum atomic E-state index is 13.0. The molecule has 0 fully saturated rings. The van der Waals surface area contributed by atoms with Crippen molar-refractivity contribution in [1.82, 2.24) is 5.32 Å². The molecule has 0 aliphatic rings. The average molecular weight is 240 g/mol. The second-order valence-electron chi connectivity index (χ2n) is 4.14. The molecule has 0 aromatic heterocycles. The molecule has 1 aromatic rings. The Morgan fingerprint density at radius 3 is 2.76 bits per heavy atom. The van der Waals surface area contributed by atoms with E-state index in [-0.39, 0.29) is 23.3 Å². The Balaban J connectivity index is 2.79. The average Bonchev–Trinajstić information content (AvgIpc) is 2.30. The van der Waals surface area contributed by atoms with Crippen LogP contribution in [0.2, 0.25) is 0 Å². The first-order valence-corrected chi connectivity index (χ1v) is 5.45. The largest absolute Gasteiger partial charge is 0.507 e. The number of nitrogens with two attached hydrogens (primary N) is 1. The fourth-order valence-electron chi connectivity index (χ4n) is 1.32. The number of amides is 1. The minimum Gasteiger partial charge on any atom is -0.507 e. The van der Waals surface area contributed by atoms with E-state index in [2.05, 4.69) is 5.32 Å². The van der Waals surface area contributed by atoms with E-state index in [1.54, 1.807) is 0 Å². The summed E-state index contributed by atoms with van der Waals surface area (Å²) in [5.74, 6) is -1.20. The Morgan fingerprint density at radius 1 is 1.53 bits per heavy atom. The highest BCUT2D eigenvalue weighted by atomic mass is 19.1. The molecule has 17 heavy (non-hydrogen) atoms. The SMILES string of the molecule is CC(CN)C(C)NC(=O)c1cc(F)ccc1O. The fourth-order valence-corrected chi connectivity index (χ4v) is 1.32. The van der Waals surface area contributed by atoms with Crippen molar-refractivity contribution in [3.05, 3.63) is 29.6 Å². The predicted molar refractivity (Wildman–Crippen MR) is 63.2 cm³/mol. The second kappa shape index (κ2) is 5.63. The lowest BCUT2D eigenvalue weighted by molar-refractivity contribution is 0.0926. The van der Waals surface area contributed by atoms with Gasteiger partial charge in [-0.1, -0.05) is 6.92 Å². The number of aromatic hydroxyl groups is 1. The zero-order valence-corrected chi connectivity index (χ0v) is 9.90. The molecule has 1 amide bonds. The number of halogens is 1. The van der Waals surface area contributed by atoms with Gasteiger partial charge in [-0.05, 0) is 37.6 Å². The molecule has 5 heteroatoms. The van der Waals surface area contributed by atoms with Crippen molar-refractivity contribution in [2.24, 2.45) is 11.7 Å². The molecule has 2 unspecified atom stereocenters. The van der Waals surface area contributed by atoms with Gasteiger partial charge in [0.25, 0.3) is 5.91 Å². The smallest absolute Gasteiger partial charge is 0.255 e. The first-order valence-electron chi connectivity index (χ1n) is 5.45. The van der Waals surface area contributed by atoms with Crippen LogP contribution in [0.4, 0.5) is 4.39 Å². The van der Waals surface area contributed by atoms with Crippen molar-refractivity contribution in [1.29, 1.82) is 0 Å². The minimum absolute atomic E-state index is 0.0685. The van der Waals surface area contributed by atoms with Crippen molar-refractivity contribution in [3.8, 4) is 5.75 Å². The molecule has 94 valence electrons. The molecule has 4 nitrogen and oxygen atoms in total. The lowest BCUT2D eigenvalue weighted by Gasteiger charge is -2.19. The van der Waals surface area contributed by atoms with Crippen LogP contribution in [0.3, 0.4) is 0 Å². The number of carbonyl (C=O) groups excluding carboxylic acids is 1. The molecule has 1 aromatic carbocycles. The lowest BCUT2D eigenvalue weighted by Crippen LogP contribution is -2.39. The third-order valence-corrected chi connectivity index (χ3v) is 2.79. The van der Waals surface area contributed by atoms with E-state index in [4.69, 9.17) is 5.73 Å². The molecule has 1 rings (SSSR count). The summed E-state index contributed by atoms with van der Waals surface area (Å²) in [4.78, 5) is 11.8. The van der Waals surface area contributed by atoms with Crippen LogP contribution in [0.15, 0.2) is 18.2 Å². The molecule has 0 saturated carbocycles. The molecule has 0 saturated heterocycles. The molecular weight excluding hydrogens is 223 g/mol. The number of hydrogen-bond donors (Lipinski definition) is 3. The van der Waals surface area contributed by atoms with E-state index in [0.717, 1.165) is 18.2 Å². The van der Waals surface area contributed by atoms with Crippen LogP contribution in [0.5, 0.6) is 5.75 Å². The quantitative estimate of drug-likeness (QED) is 0.741. The van der Waals surface area contributed by atoms with Crippen molar-refractivity contribution >= 4 is 5.91 Å². The van der Waals surface area contributed by atoms with Crippen molar-refractivity contribution < 1.29 is 14.3 Å². The summed E-state index contributed by atoms with van der Waals surface area (Å²) in [5.41, 5.74) is 5.41. The van der Waals surface area contributed by atoms with Crippen LogP contribution in [0.1, 0.15) is 24.2 Å². The van der Waals surface area contributed by atoms with E-state index in [1.165, 1.54) is 0 Å². The van der Waals surface area contributed by atoms with E-state index >= 15 is 0 Å². The maximum absolute atomic E-state index is 13.0. The molecule has 0 bridgehead atoms. The Labute approximate surface area is 99.6 Å². The van der Waals surface area contributed by atoms with Crippen LogP contribution in [-0.4, -0.2) is 23.6 Å². The number of carbonyl (C=O) groups is 1. The molecular formula is C12H17FN2O2. The fraction of sp³-hybridized carbons (Fsp3) is 0.417. The van der Waals surface area contributed by atoms with Gasteiger partial charge in [0.1, 0.15) is 11.6 Å². The first kappa shape index (κ1) is 13.4. The normalized spacial score (nSPS) is 14.1. The number of nitrogens with one attached hydrogen (secondary N) is 1. The molecule has 0 heterocycles. The van der Waals surface area contributed by atoms with Gasteiger partial charge in [-0.2, -0.15) is 0 Å². The van der Waals surface area contributed by atoms with E-state index in [1.807, 2.05) is 13.8 Å². The van der Waals surface area contributed by atoms with Gasteiger partial charge in [-0.3, -0.25) is 4.79 Å². The first-order chi connectivity index (χ1) is 7.95. The summed E-state index contributed by atoms with van der Waals surface area (Å²) in [6.07, 6.45) is 0. The van der Waals surface area contributed by atoms with Gasteiger partial charge in [0.2, 0.25) is 0 Å². The highest BCUT2D eigenvalue weighted by Gasteiger charge is 2.17. The van der Waals surface area contributed by atoms with Crippen molar-refractivity contribution in [3.63, 3.8) is 0 Å². The molecule has 0 radical (unpaired) electrons. The molecule has 2 atom stereocenters. The van der Waals surface area contributed by atoms with Gasteiger partial charge in [-0.25, -0.2) is 4.39 Å². The van der Waals surface area contributed by atoms with E-state index < -0.39 is 11.7 Å². The summed E-state index contributed by atoms with van der Waals surface area (Å²) in [5, 5.41) is 12.1. The third kappa shape index (κ3) is 3.42. The molecule has 0 spiro atoms. The molecule has 4 N–H and O–H groups in total. The van der Waals surface area contributed by atoms with Crippen molar-refractivity contribution in [2.75, 3.05) is 6.54 Å². The lowest BCUT2D eigenvalue weighted by atomic mass is 10.0. The second-order valence-corrected chi connectivity index (χ2v) is 4.14. The standard InChI is InChI=1S/C12H17FN2O2/c1-7(6-14)8(2)15-12(17)10-5-9(13)3-4-11(10)16/h3-5,7-8,16H,6,14H2,1-2H3,(H,15,17). The van der Waals surface area contributed by atoms with Gasteiger partial charge in [0.15, 0.2) is 0 Å². The third-order valence-electron chi connectivity index (χ3n) is 2.79. The molecule has 0 aliphatic carbocycles. The summed E-state index contributed by atoms with van der Waals surface area (Å²) in [7, 11) is 0. The zero-order valence-electron chi connectivity index (χ0n) is 9.90. The molecule has 0 aliphatic heterocycles. The van der Waals surface area contributed by atoms with Crippen LogP contribution < -0.4 is 11.1 Å². The number of phenols is 1. The number of hydrogen-bond acceptors (Lipinski definition) is 3. The number of phenolic OH excluding ortho intramolecular Hbond substituents is 1. The van der Waals surface area contributed by atoms with Gasteiger partial charge in [0.05, 0.1) is 5.56 Å². The van der Waals surface area contributed by atoms with Crippen LogP contribution in [-0.2, 0) is 0 Å². The van der Waals surface area contributed by atoms with Crippen LogP contribution in [0, 0.1) is 11.7 Å². The summed E-state index contributed by atoms with van der Waals surface area (Å²) in [6.45, 7) is 4.15. The van der Waals surface area contributed by atoms with E-state index in [0.29, 0.717) is 6.54 Å². The summed E-state index contributed by atoms with van der Waals surface area (Å²) >= 11 is 0. The zero-order chi connectivity index (χ0) is 13.0. The van der Waals surface area contributed by atoms with Gasteiger partial charge >= 0.3 is 0 Å². The van der Waals surface area contributed by atoms with Gasteiger partial charge in [-0.15, -0.1) is 0 Å². The number of benzene rings is 1. The highest BCUT2D eigenvalue weighted by molar-refractivity contribution is 5.96. The maximum Gasteiger partial charge on any atom is 0.255 e. The monoisotopic (exact) mass is 240 g/mol. The summed E-state index contributed by atoms with van der Waals surface area (Å²) < 4.78 is 13.0. The van der Waals surface area contributed by atoms with E-state index in [9.17, 15) is 14.3 Å². The Kier molecular flexibility index (Phi) is 4.45. The predicted octanol–water partition coefficient (Wildman–Crippen LogP) is 1.24. The topological polar surface area (TPSA) is 75.3 Å². The highest BCUT2D eigenvalue weighted by Crippen LogP contribution is 2.18. The Bertz CT molecular complexity index is 409. The minimum atomic E-state index is -0.563. The van der Waals surface area contributed by atoms with Crippen LogP contribution in [0.25, 0.3) is 0 Å². The summed E-state index contributed by atoms with van der Waals surface area (Å²) in [6, 6.07) is 3.11. The van der Waals surface area contributed by atoms with Crippen molar-refractivity contribution in [2.45, 2.75) is 19.9 Å². The van der Waals surface area contributed by atoms with Gasteiger partial charge in [0, 0.05) is 6.04 Å². The van der Waals surface area contributed by atoms with Gasteiger partial charge < -0.3 is 16.2 Å². The number of rotatable bonds is 4.